The Morgan fingerprint density at radius 2 is 2.38 bits per heavy atom. The Bertz CT molecular complexity index is 382. The van der Waals surface area contributed by atoms with Crippen LogP contribution in [-0.4, -0.2) is 9.97 Å². The lowest BCUT2D eigenvalue weighted by Crippen LogP contribution is -1.88. The van der Waals surface area contributed by atoms with Crippen molar-refractivity contribution in [2.75, 3.05) is 0 Å². The Morgan fingerprint density at radius 3 is 3.08 bits per heavy atom. The van der Waals surface area contributed by atoms with E-state index in [2.05, 4.69) is 23.0 Å². The molecule has 0 fully saturated rings. The number of pyridine rings is 1. The SMILES string of the molecule is CCc1cccnc1-c1cncs1. The van der Waals surface area contributed by atoms with Crippen molar-refractivity contribution in [1.82, 2.24) is 9.97 Å². The molecule has 0 saturated carbocycles. The Hall–Kier alpha value is -1.22. The minimum Gasteiger partial charge on any atom is -0.255 e. The molecule has 13 heavy (non-hydrogen) atoms. The maximum absolute atomic E-state index is 4.36. The molecule has 0 saturated heterocycles. The highest BCUT2D eigenvalue weighted by atomic mass is 32.1. The fourth-order valence-corrected chi connectivity index (χ4v) is 1.93. The van der Waals surface area contributed by atoms with Crippen LogP contribution in [0.5, 0.6) is 0 Å². The third-order valence-corrected chi connectivity index (χ3v) is 2.72. The summed E-state index contributed by atoms with van der Waals surface area (Å²) in [5.41, 5.74) is 4.20. The van der Waals surface area contributed by atoms with Gasteiger partial charge >= 0.3 is 0 Å². The van der Waals surface area contributed by atoms with Gasteiger partial charge in [-0.05, 0) is 18.1 Å². The van der Waals surface area contributed by atoms with E-state index in [0.717, 1.165) is 17.0 Å². The number of nitrogens with zero attached hydrogens (tertiary/aromatic N) is 2. The fourth-order valence-electron chi connectivity index (χ4n) is 1.28. The van der Waals surface area contributed by atoms with Gasteiger partial charge in [-0.1, -0.05) is 13.0 Å². The van der Waals surface area contributed by atoms with Gasteiger partial charge in [-0.3, -0.25) is 9.97 Å². The molecular formula is C10H10N2S. The summed E-state index contributed by atoms with van der Waals surface area (Å²) in [6.07, 6.45) is 4.71. The monoisotopic (exact) mass is 190 g/mol. The highest BCUT2D eigenvalue weighted by Gasteiger charge is 2.04. The van der Waals surface area contributed by atoms with Crippen LogP contribution in [0, 0.1) is 0 Å². The van der Waals surface area contributed by atoms with Crippen molar-refractivity contribution >= 4 is 11.3 Å². The second-order valence-electron chi connectivity index (χ2n) is 2.73. The van der Waals surface area contributed by atoms with Crippen molar-refractivity contribution in [3.05, 3.63) is 35.6 Å². The van der Waals surface area contributed by atoms with Crippen LogP contribution in [0.4, 0.5) is 0 Å². The Labute approximate surface area is 81.3 Å². The third kappa shape index (κ3) is 1.60. The highest BCUT2D eigenvalue weighted by Crippen LogP contribution is 2.24. The Kier molecular flexibility index (Phi) is 2.36. The smallest absolute Gasteiger partial charge is 0.0849 e. The van der Waals surface area contributed by atoms with Gasteiger partial charge in [0, 0.05) is 12.4 Å². The van der Waals surface area contributed by atoms with E-state index in [4.69, 9.17) is 0 Å². The maximum atomic E-state index is 4.36. The summed E-state index contributed by atoms with van der Waals surface area (Å²) < 4.78 is 0. The van der Waals surface area contributed by atoms with Gasteiger partial charge in [0.1, 0.15) is 0 Å². The van der Waals surface area contributed by atoms with Gasteiger partial charge in [0.15, 0.2) is 0 Å². The van der Waals surface area contributed by atoms with Gasteiger partial charge in [-0.2, -0.15) is 0 Å². The summed E-state index contributed by atoms with van der Waals surface area (Å²) >= 11 is 1.63. The standard InChI is InChI=1S/C10H10N2S/c1-2-8-4-3-5-12-10(8)9-6-11-7-13-9/h3-7H,2H2,1H3. The van der Waals surface area contributed by atoms with Crippen LogP contribution in [0.3, 0.4) is 0 Å². The van der Waals surface area contributed by atoms with Crippen molar-refractivity contribution in [3.63, 3.8) is 0 Å². The summed E-state index contributed by atoms with van der Waals surface area (Å²) in [6, 6.07) is 4.09. The highest BCUT2D eigenvalue weighted by molar-refractivity contribution is 7.13. The predicted molar refractivity (Wildman–Crippen MR) is 54.7 cm³/mol. The molecule has 0 aliphatic carbocycles. The average molecular weight is 190 g/mol. The topological polar surface area (TPSA) is 25.8 Å². The van der Waals surface area contributed by atoms with E-state index in [9.17, 15) is 0 Å². The van der Waals surface area contributed by atoms with Crippen LogP contribution >= 0.6 is 11.3 Å². The molecule has 0 aliphatic rings. The molecule has 0 N–H and O–H groups in total. The van der Waals surface area contributed by atoms with Crippen molar-refractivity contribution in [3.8, 4) is 10.6 Å². The molecule has 2 aromatic rings. The van der Waals surface area contributed by atoms with Gasteiger partial charge in [0.2, 0.25) is 0 Å². The average Bonchev–Trinajstić information content (AvgIpc) is 2.70. The second kappa shape index (κ2) is 3.66. The zero-order valence-electron chi connectivity index (χ0n) is 7.40. The quantitative estimate of drug-likeness (QED) is 0.727. The lowest BCUT2D eigenvalue weighted by atomic mass is 10.1. The molecule has 0 unspecified atom stereocenters. The number of rotatable bonds is 2. The Balaban J connectivity index is 2.51. The van der Waals surface area contributed by atoms with Crippen LogP contribution in [0.15, 0.2) is 30.0 Å². The lowest BCUT2D eigenvalue weighted by molar-refractivity contribution is 1.11. The molecule has 0 aliphatic heterocycles. The Morgan fingerprint density at radius 1 is 1.46 bits per heavy atom. The van der Waals surface area contributed by atoms with Crippen LogP contribution < -0.4 is 0 Å². The van der Waals surface area contributed by atoms with Crippen molar-refractivity contribution < 1.29 is 0 Å². The largest absolute Gasteiger partial charge is 0.255 e. The molecular weight excluding hydrogens is 180 g/mol. The first-order valence-corrected chi connectivity index (χ1v) is 5.12. The van der Waals surface area contributed by atoms with E-state index in [1.54, 1.807) is 11.3 Å². The number of aryl methyl sites for hydroxylation is 1. The zero-order chi connectivity index (χ0) is 9.10. The van der Waals surface area contributed by atoms with Crippen molar-refractivity contribution in [2.45, 2.75) is 13.3 Å². The summed E-state index contributed by atoms with van der Waals surface area (Å²) in [5.74, 6) is 0. The predicted octanol–water partition coefficient (Wildman–Crippen LogP) is 2.77. The summed E-state index contributed by atoms with van der Waals surface area (Å²) in [7, 11) is 0. The maximum Gasteiger partial charge on any atom is 0.0849 e. The molecule has 0 aromatic carbocycles. The van der Waals surface area contributed by atoms with Gasteiger partial charge in [0.05, 0.1) is 16.1 Å². The first-order chi connectivity index (χ1) is 6.42. The molecule has 3 heteroatoms. The van der Waals surface area contributed by atoms with E-state index < -0.39 is 0 Å². The summed E-state index contributed by atoms with van der Waals surface area (Å²) in [4.78, 5) is 9.57. The molecule has 2 nitrogen and oxygen atoms in total. The van der Waals surface area contributed by atoms with Gasteiger partial charge < -0.3 is 0 Å². The molecule has 0 bridgehead atoms. The molecule has 0 radical (unpaired) electrons. The number of hydrogen-bond acceptors (Lipinski definition) is 3. The molecule has 66 valence electrons. The van der Waals surface area contributed by atoms with E-state index >= 15 is 0 Å². The third-order valence-electron chi connectivity index (χ3n) is 1.94. The molecule has 2 aromatic heterocycles. The lowest BCUT2D eigenvalue weighted by Gasteiger charge is -2.02. The fraction of sp³-hybridized carbons (Fsp3) is 0.200. The first-order valence-electron chi connectivity index (χ1n) is 4.24. The zero-order valence-corrected chi connectivity index (χ0v) is 8.21. The second-order valence-corrected chi connectivity index (χ2v) is 3.62. The van der Waals surface area contributed by atoms with Gasteiger partial charge in [-0.25, -0.2) is 0 Å². The van der Waals surface area contributed by atoms with Crippen LogP contribution in [0.25, 0.3) is 10.6 Å². The van der Waals surface area contributed by atoms with E-state index in [-0.39, 0.29) is 0 Å². The van der Waals surface area contributed by atoms with Crippen molar-refractivity contribution in [2.24, 2.45) is 0 Å². The normalized spacial score (nSPS) is 10.2. The summed E-state index contributed by atoms with van der Waals surface area (Å²) in [5, 5.41) is 0. The number of thiazole rings is 1. The van der Waals surface area contributed by atoms with Crippen molar-refractivity contribution in [1.29, 1.82) is 0 Å². The molecule has 0 amide bonds. The van der Waals surface area contributed by atoms with Gasteiger partial charge in [-0.15, -0.1) is 11.3 Å². The molecule has 2 heterocycles. The minimum absolute atomic E-state index is 1.01. The van der Waals surface area contributed by atoms with Crippen LogP contribution in [-0.2, 0) is 6.42 Å². The van der Waals surface area contributed by atoms with Crippen LogP contribution in [0.1, 0.15) is 12.5 Å². The van der Waals surface area contributed by atoms with E-state index in [1.807, 2.05) is 24.0 Å². The number of hydrogen-bond donors (Lipinski definition) is 0. The molecule has 0 atom stereocenters. The van der Waals surface area contributed by atoms with E-state index in [1.165, 1.54) is 5.56 Å². The molecule has 0 spiro atoms. The van der Waals surface area contributed by atoms with Gasteiger partial charge in [0.25, 0.3) is 0 Å². The number of aromatic nitrogens is 2. The van der Waals surface area contributed by atoms with E-state index in [0.29, 0.717) is 0 Å². The first kappa shape index (κ1) is 8.38. The molecule has 2 rings (SSSR count). The summed E-state index contributed by atoms with van der Waals surface area (Å²) in [6.45, 7) is 2.14. The minimum atomic E-state index is 1.01. The van der Waals surface area contributed by atoms with Crippen LogP contribution in [0.2, 0.25) is 0 Å².